The largest absolute Gasteiger partial charge is 0.476 e. The van der Waals surface area contributed by atoms with E-state index in [1.54, 1.807) is 6.92 Å². The van der Waals surface area contributed by atoms with Gasteiger partial charge in [-0.25, -0.2) is 4.79 Å². The lowest BCUT2D eigenvalue weighted by molar-refractivity contribution is 0.0686. The van der Waals surface area contributed by atoms with Crippen LogP contribution in [0.15, 0.2) is 10.6 Å². The fourth-order valence-corrected chi connectivity index (χ4v) is 2.40. The van der Waals surface area contributed by atoms with Crippen molar-refractivity contribution in [2.24, 2.45) is 0 Å². The molecule has 0 aliphatic rings. The lowest BCUT2D eigenvalue weighted by Gasteiger charge is -2.15. The summed E-state index contributed by atoms with van der Waals surface area (Å²) in [6, 6.07) is 2.11. The van der Waals surface area contributed by atoms with Crippen molar-refractivity contribution in [3.8, 4) is 11.1 Å². The van der Waals surface area contributed by atoms with E-state index in [2.05, 4.69) is 11.2 Å². The van der Waals surface area contributed by atoms with Gasteiger partial charge in [-0.2, -0.15) is 0 Å². The van der Waals surface area contributed by atoms with Gasteiger partial charge in [0.2, 0.25) is 0 Å². The molecule has 2 aromatic rings. The van der Waals surface area contributed by atoms with E-state index in [0.29, 0.717) is 11.3 Å². The first-order valence-corrected chi connectivity index (χ1v) is 6.12. The summed E-state index contributed by atoms with van der Waals surface area (Å²) in [7, 11) is 0. The monoisotopic (exact) mass is 259 g/mol. The molecule has 0 saturated heterocycles. The Morgan fingerprint density at radius 3 is 2.05 bits per heavy atom. The van der Waals surface area contributed by atoms with Gasteiger partial charge in [-0.1, -0.05) is 11.2 Å². The van der Waals surface area contributed by atoms with E-state index in [1.807, 2.05) is 27.7 Å². The highest BCUT2D eigenvalue weighted by Gasteiger charge is 2.24. The van der Waals surface area contributed by atoms with Gasteiger partial charge in [-0.3, -0.25) is 0 Å². The molecule has 19 heavy (non-hydrogen) atoms. The third-order valence-corrected chi connectivity index (χ3v) is 3.68. The maximum absolute atomic E-state index is 11.3. The van der Waals surface area contributed by atoms with Crippen LogP contribution in [0.5, 0.6) is 0 Å². The summed E-state index contributed by atoms with van der Waals surface area (Å²) in [5.41, 5.74) is 5.90. The van der Waals surface area contributed by atoms with Crippen molar-refractivity contribution in [3.63, 3.8) is 0 Å². The van der Waals surface area contributed by atoms with Crippen LogP contribution in [0.1, 0.15) is 38.5 Å². The highest BCUT2D eigenvalue weighted by Crippen LogP contribution is 2.35. The van der Waals surface area contributed by atoms with E-state index in [-0.39, 0.29) is 5.69 Å². The lowest BCUT2D eigenvalue weighted by Crippen LogP contribution is -2.02. The number of carbonyl (C=O) groups is 1. The molecule has 1 aromatic carbocycles. The number of rotatable bonds is 2. The zero-order chi connectivity index (χ0) is 14.3. The summed E-state index contributed by atoms with van der Waals surface area (Å²) >= 11 is 0. The molecule has 0 radical (unpaired) electrons. The quantitative estimate of drug-likeness (QED) is 0.895. The third-order valence-electron chi connectivity index (χ3n) is 3.68. The van der Waals surface area contributed by atoms with E-state index in [4.69, 9.17) is 4.52 Å². The van der Waals surface area contributed by atoms with E-state index < -0.39 is 5.97 Å². The van der Waals surface area contributed by atoms with Gasteiger partial charge >= 0.3 is 5.97 Å². The normalized spacial score (nSPS) is 10.8. The number of aromatic nitrogens is 1. The predicted molar refractivity (Wildman–Crippen MR) is 72.6 cm³/mol. The molecular weight excluding hydrogens is 242 g/mol. The number of hydrogen-bond donors (Lipinski definition) is 1. The molecule has 0 saturated carbocycles. The van der Waals surface area contributed by atoms with Crippen molar-refractivity contribution >= 4 is 5.97 Å². The molecule has 0 bridgehead atoms. The first kappa shape index (κ1) is 13.3. The number of carboxylic acid groups (broad SMARTS) is 1. The Morgan fingerprint density at radius 1 is 1.05 bits per heavy atom. The van der Waals surface area contributed by atoms with Crippen LogP contribution in [0, 0.1) is 34.6 Å². The summed E-state index contributed by atoms with van der Waals surface area (Å²) < 4.78 is 5.07. The number of carboxylic acids is 1. The first-order chi connectivity index (χ1) is 8.84. The highest BCUT2D eigenvalue weighted by atomic mass is 16.5. The van der Waals surface area contributed by atoms with Gasteiger partial charge in [0.1, 0.15) is 5.76 Å². The van der Waals surface area contributed by atoms with Gasteiger partial charge in [0.25, 0.3) is 0 Å². The molecule has 4 heteroatoms. The second-order valence-corrected chi connectivity index (χ2v) is 4.90. The molecule has 0 unspecified atom stereocenters. The Bertz CT molecular complexity index is 642. The summed E-state index contributed by atoms with van der Waals surface area (Å²) in [5.74, 6) is -0.529. The van der Waals surface area contributed by atoms with Crippen molar-refractivity contribution in [1.29, 1.82) is 0 Å². The van der Waals surface area contributed by atoms with Gasteiger partial charge in [0.15, 0.2) is 5.69 Å². The molecule has 1 aromatic heterocycles. The van der Waals surface area contributed by atoms with Crippen LogP contribution in [0.4, 0.5) is 0 Å². The zero-order valence-electron chi connectivity index (χ0n) is 11.8. The molecule has 0 spiro atoms. The van der Waals surface area contributed by atoms with Gasteiger partial charge in [-0.15, -0.1) is 0 Å². The Hall–Kier alpha value is -2.10. The van der Waals surface area contributed by atoms with E-state index in [0.717, 1.165) is 27.8 Å². The zero-order valence-corrected chi connectivity index (χ0v) is 11.8. The van der Waals surface area contributed by atoms with E-state index in [9.17, 15) is 9.90 Å². The second kappa shape index (κ2) is 4.53. The molecule has 0 amide bonds. The molecule has 0 atom stereocenters. The smallest absolute Gasteiger partial charge is 0.358 e. The van der Waals surface area contributed by atoms with Crippen molar-refractivity contribution < 1.29 is 14.4 Å². The average Bonchev–Trinajstić information content (AvgIpc) is 2.70. The van der Waals surface area contributed by atoms with E-state index in [1.165, 1.54) is 0 Å². The number of hydrogen-bond acceptors (Lipinski definition) is 3. The SMILES string of the molecule is Cc1cc(C)c(C)c(-c2c(C(=O)O)noc2C)c1C. The van der Waals surface area contributed by atoms with Crippen molar-refractivity contribution in [1.82, 2.24) is 5.16 Å². The van der Waals surface area contributed by atoms with Gasteiger partial charge in [-0.05, 0) is 62.4 Å². The summed E-state index contributed by atoms with van der Waals surface area (Å²) in [6.45, 7) is 9.78. The third kappa shape index (κ3) is 2.03. The fraction of sp³-hybridized carbons (Fsp3) is 0.333. The standard InChI is InChI=1S/C15H17NO3/c1-7-6-8(2)10(4)12(9(7)3)13-11(5)19-16-14(13)15(17)18/h6H,1-5H3,(H,17,18). The average molecular weight is 259 g/mol. The van der Waals surface area contributed by atoms with Crippen molar-refractivity contribution in [2.45, 2.75) is 34.6 Å². The van der Waals surface area contributed by atoms with Gasteiger partial charge in [0.05, 0.1) is 5.56 Å². The topological polar surface area (TPSA) is 63.3 Å². The Balaban J connectivity index is 2.87. The van der Waals surface area contributed by atoms with Crippen LogP contribution in [0.25, 0.3) is 11.1 Å². The fourth-order valence-electron chi connectivity index (χ4n) is 2.40. The van der Waals surface area contributed by atoms with Gasteiger partial charge < -0.3 is 9.63 Å². The van der Waals surface area contributed by atoms with Crippen molar-refractivity contribution in [2.75, 3.05) is 0 Å². The number of benzene rings is 1. The second-order valence-electron chi connectivity index (χ2n) is 4.90. The summed E-state index contributed by atoms with van der Waals surface area (Å²) in [6.07, 6.45) is 0. The van der Waals surface area contributed by atoms with Crippen molar-refractivity contribution in [3.05, 3.63) is 39.8 Å². The molecule has 2 rings (SSSR count). The van der Waals surface area contributed by atoms with E-state index >= 15 is 0 Å². The molecule has 1 heterocycles. The first-order valence-electron chi connectivity index (χ1n) is 6.12. The maximum Gasteiger partial charge on any atom is 0.358 e. The molecular formula is C15H17NO3. The number of aryl methyl sites for hydroxylation is 3. The minimum atomic E-state index is -1.06. The Labute approximate surface area is 112 Å². The molecule has 0 aliphatic carbocycles. The Morgan fingerprint density at radius 2 is 1.58 bits per heavy atom. The van der Waals surface area contributed by atoms with Crippen LogP contribution in [0.2, 0.25) is 0 Å². The van der Waals surface area contributed by atoms with Crippen LogP contribution >= 0.6 is 0 Å². The lowest BCUT2D eigenvalue weighted by atomic mass is 9.89. The number of nitrogens with zero attached hydrogens (tertiary/aromatic N) is 1. The highest BCUT2D eigenvalue weighted by molar-refractivity contribution is 5.95. The van der Waals surface area contributed by atoms with Crippen LogP contribution in [-0.4, -0.2) is 16.2 Å². The Kier molecular flexibility index (Phi) is 3.18. The molecule has 100 valence electrons. The molecule has 4 nitrogen and oxygen atoms in total. The summed E-state index contributed by atoms with van der Waals surface area (Å²) in [5, 5.41) is 12.9. The van der Waals surface area contributed by atoms with Gasteiger partial charge in [0, 0.05) is 0 Å². The summed E-state index contributed by atoms with van der Waals surface area (Å²) in [4.78, 5) is 11.3. The molecule has 1 N–H and O–H groups in total. The predicted octanol–water partition coefficient (Wildman–Crippen LogP) is 3.58. The number of aromatic carboxylic acids is 1. The van der Waals surface area contributed by atoms with Crippen LogP contribution < -0.4 is 0 Å². The maximum atomic E-state index is 11.3. The minimum absolute atomic E-state index is 0.0197. The molecule has 0 fully saturated rings. The van der Waals surface area contributed by atoms with Crippen LogP contribution in [0.3, 0.4) is 0 Å². The minimum Gasteiger partial charge on any atom is -0.476 e. The van der Waals surface area contributed by atoms with Crippen LogP contribution in [-0.2, 0) is 0 Å². The molecule has 0 aliphatic heterocycles.